The predicted molar refractivity (Wildman–Crippen MR) is 70.5 cm³/mol. The van der Waals surface area contributed by atoms with Crippen LogP contribution in [-0.4, -0.2) is 43.1 Å². The summed E-state index contributed by atoms with van der Waals surface area (Å²) in [7, 11) is 3.47. The number of hydrogen-bond acceptors (Lipinski definition) is 3. The normalized spacial score (nSPS) is 18.4. The second kappa shape index (κ2) is 5.08. The largest absolute Gasteiger partial charge is 0.385 e. The van der Waals surface area contributed by atoms with Crippen molar-refractivity contribution in [2.75, 3.05) is 27.2 Å². The third-order valence-corrected chi connectivity index (χ3v) is 3.51. The van der Waals surface area contributed by atoms with Gasteiger partial charge in [-0.3, -0.25) is 4.79 Å². The second-order valence-electron chi connectivity index (χ2n) is 5.06. The van der Waals surface area contributed by atoms with Gasteiger partial charge in [-0.1, -0.05) is 12.1 Å². The van der Waals surface area contributed by atoms with Crippen molar-refractivity contribution >= 4 is 5.91 Å². The van der Waals surface area contributed by atoms with E-state index in [0.29, 0.717) is 18.4 Å². The van der Waals surface area contributed by atoms with Gasteiger partial charge in [0, 0.05) is 19.7 Å². The van der Waals surface area contributed by atoms with E-state index in [-0.39, 0.29) is 5.91 Å². The smallest absolute Gasteiger partial charge is 0.253 e. The molecule has 18 heavy (non-hydrogen) atoms. The molecule has 1 heterocycles. The molecule has 1 aromatic rings. The highest BCUT2D eigenvalue weighted by molar-refractivity contribution is 5.93. The van der Waals surface area contributed by atoms with E-state index in [2.05, 4.69) is 5.32 Å². The van der Waals surface area contributed by atoms with Crippen LogP contribution in [0.4, 0.5) is 0 Å². The number of carbonyl (C=O) groups is 1. The highest BCUT2D eigenvalue weighted by atomic mass is 16.3. The highest BCUT2D eigenvalue weighted by Crippen LogP contribution is 2.30. The molecule has 0 radical (unpaired) electrons. The fourth-order valence-corrected chi connectivity index (χ4v) is 2.31. The number of hydrogen-bond donors (Lipinski definition) is 2. The van der Waals surface area contributed by atoms with Crippen LogP contribution in [-0.2, 0) is 5.60 Å². The van der Waals surface area contributed by atoms with Crippen LogP contribution in [0.5, 0.6) is 0 Å². The summed E-state index contributed by atoms with van der Waals surface area (Å²) >= 11 is 0. The first kappa shape index (κ1) is 13.1. The van der Waals surface area contributed by atoms with Gasteiger partial charge >= 0.3 is 0 Å². The average Bonchev–Trinajstić information content (AvgIpc) is 2.39. The van der Waals surface area contributed by atoms with Crippen molar-refractivity contribution in [1.29, 1.82) is 0 Å². The van der Waals surface area contributed by atoms with Gasteiger partial charge in [-0.2, -0.15) is 0 Å². The van der Waals surface area contributed by atoms with Gasteiger partial charge in [-0.05, 0) is 43.6 Å². The second-order valence-corrected chi connectivity index (χ2v) is 5.06. The lowest BCUT2D eigenvalue weighted by molar-refractivity contribution is 0.00591. The number of carbonyl (C=O) groups excluding carboxylic acids is 1. The zero-order valence-corrected chi connectivity index (χ0v) is 10.9. The summed E-state index contributed by atoms with van der Waals surface area (Å²) in [4.78, 5) is 13.3. The Morgan fingerprint density at radius 3 is 2.28 bits per heavy atom. The quantitative estimate of drug-likeness (QED) is 0.819. The van der Waals surface area contributed by atoms with E-state index < -0.39 is 5.60 Å². The molecule has 1 aliphatic rings. The van der Waals surface area contributed by atoms with E-state index in [0.717, 1.165) is 18.7 Å². The number of nitrogens with zero attached hydrogens (tertiary/aromatic N) is 1. The van der Waals surface area contributed by atoms with Gasteiger partial charge in [0.2, 0.25) is 0 Å². The van der Waals surface area contributed by atoms with Crippen LogP contribution >= 0.6 is 0 Å². The number of amides is 1. The van der Waals surface area contributed by atoms with Crippen molar-refractivity contribution in [1.82, 2.24) is 10.2 Å². The van der Waals surface area contributed by atoms with E-state index in [4.69, 9.17) is 0 Å². The van der Waals surface area contributed by atoms with E-state index >= 15 is 0 Å². The Morgan fingerprint density at radius 2 is 1.78 bits per heavy atom. The number of benzene rings is 1. The zero-order chi connectivity index (χ0) is 13.2. The third kappa shape index (κ3) is 2.54. The molecule has 0 bridgehead atoms. The molecule has 0 unspecified atom stereocenters. The predicted octanol–water partition coefficient (Wildman–Crippen LogP) is 0.959. The Kier molecular flexibility index (Phi) is 3.68. The molecule has 98 valence electrons. The van der Waals surface area contributed by atoms with Crippen LogP contribution in [0.25, 0.3) is 0 Å². The van der Waals surface area contributed by atoms with E-state index in [1.54, 1.807) is 31.1 Å². The molecule has 1 saturated heterocycles. The molecule has 0 atom stereocenters. The van der Waals surface area contributed by atoms with Gasteiger partial charge in [0.1, 0.15) is 0 Å². The van der Waals surface area contributed by atoms with Crippen molar-refractivity contribution in [2.24, 2.45) is 0 Å². The summed E-state index contributed by atoms with van der Waals surface area (Å²) in [5, 5.41) is 13.8. The molecular weight excluding hydrogens is 228 g/mol. The lowest BCUT2D eigenvalue weighted by Gasteiger charge is -2.33. The standard InChI is InChI=1S/C14H20N2O2/c1-16(2)13(17)11-3-5-12(6-4-11)14(18)7-9-15-10-8-14/h3-6,15,18H,7-10H2,1-2H3. The fourth-order valence-electron chi connectivity index (χ4n) is 2.31. The highest BCUT2D eigenvalue weighted by Gasteiger charge is 2.30. The van der Waals surface area contributed by atoms with Crippen LogP contribution in [0.3, 0.4) is 0 Å². The first-order valence-electron chi connectivity index (χ1n) is 6.28. The number of nitrogens with one attached hydrogen (secondary N) is 1. The van der Waals surface area contributed by atoms with Crippen LogP contribution in [0, 0.1) is 0 Å². The maximum absolute atomic E-state index is 11.8. The number of rotatable bonds is 2. The monoisotopic (exact) mass is 248 g/mol. The van der Waals surface area contributed by atoms with Crippen molar-refractivity contribution in [3.05, 3.63) is 35.4 Å². The first-order chi connectivity index (χ1) is 8.53. The maximum atomic E-state index is 11.8. The van der Waals surface area contributed by atoms with Gasteiger partial charge in [0.05, 0.1) is 5.60 Å². The number of piperidine rings is 1. The molecule has 1 fully saturated rings. The Balaban J connectivity index is 2.19. The molecule has 1 aliphatic heterocycles. The lowest BCUT2D eigenvalue weighted by Crippen LogP contribution is -2.39. The molecule has 2 rings (SSSR count). The van der Waals surface area contributed by atoms with Gasteiger partial charge in [0.25, 0.3) is 5.91 Å². The van der Waals surface area contributed by atoms with Gasteiger partial charge in [0.15, 0.2) is 0 Å². The van der Waals surface area contributed by atoms with Crippen molar-refractivity contribution in [2.45, 2.75) is 18.4 Å². The summed E-state index contributed by atoms with van der Waals surface area (Å²) in [5.74, 6) is -0.0150. The molecule has 4 nitrogen and oxygen atoms in total. The van der Waals surface area contributed by atoms with Crippen LogP contribution in [0.1, 0.15) is 28.8 Å². The molecule has 0 spiro atoms. The van der Waals surface area contributed by atoms with E-state index in [1.165, 1.54) is 0 Å². The molecule has 1 amide bonds. The molecule has 1 aromatic carbocycles. The van der Waals surface area contributed by atoms with Crippen LogP contribution in [0.2, 0.25) is 0 Å². The van der Waals surface area contributed by atoms with Crippen molar-refractivity contribution in [3.63, 3.8) is 0 Å². The third-order valence-electron chi connectivity index (χ3n) is 3.51. The zero-order valence-electron chi connectivity index (χ0n) is 10.9. The Labute approximate surface area is 108 Å². The molecule has 4 heteroatoms. The average molecular weight is 248 g/mol. The van der Waals surface area contributed by atoms with E-state index in [9.17, 15) is 9.90 Å². The summed E-state index contributed by atoms with van der Waals surface area (Å²) in [6, 6.07) is 7.31. The van der Waals surface area contributed by atoms with Gasteiger partial charge in [-0.25, -0.2) is 0 Å². The topological polar surface area (TPSA) is 52.6 Å². The Bertz CT molecular complexity index is 420. The number of aliphatic hydroxyl groups is 1. The Hall–Kier alpha value is -1.39. The van der Waals surface area contributed by atoms with E-state index in [1.807, 2.05) is 12.1 Å². The minimum absolute atomic E-state index is 0.0150. The fraction of sp³-hybridized carbons (Fsp3) is 0.500. The SMILES string of the molecule is CN(C)C(=O)c1ccc(C2(O)CCNCC2)cc1. The minimum atomic E-state index is -0.745. The summed E-state index contributed by atoms with van der Waals surface area (Å²) in [6.07, 6.45) is 1.43. The van der Waals surface area contributed by atoms with Crippen LogP contribution < -0.4 is 5.32 Å². The molecule has 0 aliphatic carbocycles. The lowest BCUT2D eigenvalue weighted by atomic mass is 9.85. The molecule has 2 N–H and O–H groups in total. The summed E-state index contributed by atoms with van der Waals surface area (Å²) in [6.45, 7) is 1.66. The van der Waals surface area contributed by atoms with Crippen molar-refractivity contribution < 1.29 is 9.90 Å². The van der Waals surface area contributed by atoms with Crippen LogP contribution in [0.15, 0.2) is 24.3 Å². The molecule has 0 aromatic heterocycles. The maximum Gasteiger partial charge on any atom is 0.253 e. The first-order valence-corrected chi connectivity index (χ1v) is 6.28. The molecular formula is C14H20N2O2. The minimum Gasteiger partial charge on any atom is -0.385 e. The van der Waals surface area contributed by atoms with Gasteiger partial charge < -0.3 is 15.3 Å². The summed E-state index contributed by atoms with van der Waals surface area (Å²) in [5.41, 5.74) is 0.811. The molecule has 0 saturated carbocycles. The Morgan fingerprint density at radius 1 is 1.22 bits per heavy atom. The van der Waals surface area contributed by atoms with Crippen molar-refractivity contribution in [3.8, 4) is 0 Å². The summed E-state index contributed by atoms with van der Waals surface area (Å²) < 4.78 is 0. The van der Waals surface area contributed by atoms with Gasteiger partial charge in [-0.15, -0.1) is 0 Å².